The summed E-state index contributed by atoms with van der Waals surface area (Å²) in [4.78, 5) is 29.1. The molecule has 0 unspecified atom stereocenters. The highest BCUT2D eigenvalue weighted by molar-refractivity contribution is 5.92. The van der Waals surface area contributed by atoms with E-state index >= 15 is 0 Å². The van der Waals surface area contributed by atoms with Crippen LogP contribution in [-0.2, 0) is 6.54 Å². The predicted molar refractivity (Wildman–Crippen MR) is 89.3 cm³/mol. The number of carbonyl (C=O) groups is 2. The van der Waals surface area contributed by atoms with E-state index < -0.39 is 0 Å². The lowest BCUT2D eigenvalue weighted by Crippen LogP contribution is -2.53. The number of hydrogen-bond acceptors (Lipinski definition) is 6. The molecule has 4 heterocycles. The number of nitrogens with one attached hydrogen (secondary N) is 2. The average Bonchev–Trinajstić information content (AvgIpc) is 3.15. The van der Waals surface area contributed by atoms with Gasteiger partial charge in [-0.25, -0.2) is 0 Å². The van der Waals surface area contributed by atoms with E-state index in [4.69, 9.17) is 0 Å². The molecule has 1 atom stereocenters. The molecule has 2 aromatic rings. The zero-order valence-electron chi connectivity index (χ0n) is 14.3. The van der Waals surface area contributed by atoms with Gasteiger partial charge in [0, 0.05) is 45.0 Å². The molecule has 10 nitrogen and oxygen atoms in total. The molecular formula is C16H20N8O2. The Bertz CT molecular complexity index is 841. The predicted octanol–water partition coefficient (Wildman–Crippen LogP) is -0.594. The van der Waals surface area contributed by atoms with E-state index in [1.807, 2.05) is 9.47 Å². The van der Waals surface area contributed by atoms with Crippen LogP contribution >= 0.6 is 0 Å². The summed E-state index contributed by atoms with van der Waals surface area (Å²) in [6, 6.07) is 1.92. The zero-order valence-corrected chi connectivity index (χ0v) is 14.3. The Balaban J connectivity index is 1.38. The number of nitrogens with zero attached hydrogens (tertiary/aromatic N) is 6. The van der Waals surface area contributed by atoms with E-state index in [0.717, 1.165) is 31.8 Å². The summed E-state index contributed by atoms with van der Waals surface area (Å²) >= 11 is 0. The van der Waals surface area contributed by atoms with Crippen molar-refractivity contribution >= 4 is 11.8 Å². The molecule has 1 saturated heterocycles. The van der Waals surface area contributed by atoms with Gasteiger partial charge >= 0.3 is 0 Å². The fraction of sp³-hybridized carbons (Fsp3) is 0.562. The Kier molecular flexibility index (Phi) is 3.52. The molecule has 3 aliphatic rings. The van der Waals surface area contributed by atoms with Gasteiger partial charge in [0.1, 0.15) is 5.69 Å². The Hall–Kier alpha value is -2.75. The molecule has 2 aliphatic heterocycles. The van der Waals surface area contributed by atoms with Crippen LogP contribution in [0.15, 0.2) is 12.3 Å². The second kappa shape index (κ2) is 5.90. The van der Waals surface area contributed by atoms with Gasteiger partial charge in [-0.05, 0) is 18.9 Å². The highest BCUT2D eigenvalue weighted by Crippen LogP contribution is 2.29. The lowest BCUT2D eigenvalue weighted by atomic mass is 10.1. The summed E-state index contributed by atoms with van der Waals surface area (Å²) in [5.41, 5.74) is 0.486. The first kappa shape index (κ1) is 15.5. The molecule has 26 heavy (non-hydrogen) atoms. The van der Waals surface area contributed by atoms with E-state index in [0.29, 0.717) is 31.2 Å². The molecule has 2 N–H and O–H groups in total. The first-order valence-corrected chi connectivity index (χ1v) is 8.97. The number of fused-ring (bicyclic) bond motifs is 3. The summed E-state index contributed by atoms with van der Waals surface area (Å²) in [5.74, 6) is 0.925. The van der Waals surface area contributed by atoms with Crippen molar-refractivity contribution in [2.75, 3.05) is 26.2 Å². The lowest BCUT2D eigenvalue weighted by molar-refractivity contribution is 0.0368. The smallest absolute Gasteiger partial charge is 0.289 e. The molecule has 2 aromatic heterocycles. The van der Waals surface area contributed by atoms with Crippen LogP contribution in [0, 0.1) is 0 Å². The zero-order chi connectivity index (χ0) is 17.7. The molecule has 2 fully saturated rings. The van der Waals surface area contributed by atoms with E-state index in [2.05, 4.69) is 30.6 Å². The van der Waals surface area contributed by atoms with Crippen molar-refractivity contribution in [3.8, 4) is 0 Å². The average molecular weight is 356 g/mol. The standard InChI is InChI=1S/C16H20N8O2/c25-15(18-10-1-2-10)14-21-20-13-12-9-23(16(26)11-3-4-17-19-11)6-5-22(12)7-8-24(13)14/h3-4,10,12H,1-2,5-9H2,(H,17,19)(H,18,25)/t12-/m0/s1. The van der Waals surface area contributed by atoms with Crippen molar-refractivity contribution in [2.45, 2.75) is 31.5 Å². The third kappa shape index (κ3) is 2.57. The normalized spacial score (nSPS) is 22.6. The second-order valence-electron chi connectivity index (χ2n) is 7.05. The van der Waals surface area contributed by atoms with Crippen molar-refractivity contribution in [3.63, 3.8) is 0 Å². The van der Waals surface area contributed by atoms with Gasteiger partial charge in [-0.2, -0.15) is 5.10 Å². The van der Waals surface area contributed by atoms with Crippen LogP contribution in [0.4, 0.5) is 0 Å². The molecule has 1 aliphatic carbocycles. The van der Waals surface area contributed by atoms with Crippen LogP contribution < -0.4 is 5.32 Å². The minimum Gasteiger partial charge on any atom is -0.347 e. The summed E-state index contributed by atoms with van der Waals surface area (Å²) in [6.45, 7) is 3.49. The minimum atomic E-state index is -0.152. The Morgan fingerprint density at radius 2 is 2.00 bits per heavy atom. The van der Waals surface area contributed by atoms with Crippen LogP contribution in [0.1, 0.15) is 45.8 Å². The van der Waals surface area contributed by atoms with Crippen molar-refractivity contribution < 1.29 is 9.59 Å². The van der Waals surface area contributed by atoms with Gasteiger partial charge in [-0.1, -0.05) is 0 Å². The summed E-state index contributed by atoms with van der Waals surface area (Å²) < 4.78 is 1.91. The Morgan fingerprint density at radius 3 is 2.77 bits per heavy atom. The first-order chi connectivity index (χ1) is 12.7. The molecule has 2 amide bonds. The number of aromatic nitrogens is 5. The van der Waals surface area contributed by atoms with Gasteiger partial charge in [0.15, 0.2) is 5.82 Å². The molecule has 5 rings (SSSR count). The maximum Gasteiger partial charge on any atom is 0.289 e. The number of amides is 2. The molecule has 0 radical (unpaired) electrons. The lowest BCUT2D eigenvalue weighted by Gasteiger charge is -2.43. The highest BCUT2D eigenvalue weighted by Gasteiger charge is 2.38. The summed E-state index contributed by atoms with van der Waals surface area (Å²) in [7, 11) is 0. The number of aromatic amines is 1. The van der Waals surface area contributed by atoms with Gasteiger partial charge in [-0.3, -0.25) is 19.6 Å². The van der Waals surface area contributed by atoms with Crippen LogP contribution in [0.2, 0.25) is 0 Å². The maximum atomic E-state index is 12.6. The van der Waals surface area contributed by atoms with Crippen LogP contribution in [-0.4, -0.2) is 78.8 Å². The van der Waals surface area contributed by atoms with Gasteiger partial charge in [0.2, 0.25) is 5.82 Å². The molecule has 0 spiro atoms. The fourth-order valence-corrected chi connectivity index (χ4v) is 3.72. The van der Waals surface area contributed by atoms with E-state index in [-0.39, 0.29) is 23.9 Å². The number of piperazine rings is 1. The van der Waals surface area contributed by atoms with Crippen LogP contribution in [0.5, 0.6) is 0 Å². The first-order valence-electron chi connectivity index (χ1n) is 8.97. The largest absolute Gasteiger partial charge is 0.347 e. The van der Waals surface area contributed by atoms with Crippen LogP contribution in [0.3, 0.4) is 0 Å². The van der Waals surface area contributed by atoms with Crippen molar-refractivity contribution in [1.82, 2.24) is 40.1 Å². The molecule has 136 valence electrons. The summed E-state index contributed by atoms with van der Waals surface area (Å²) in [6.07, 6.45) is 3.65. The highest BCUT2D eigenvalue weighted by atomic mass is 16.2. The summed E-state index contributed by atoms with van der Waals surface area (Å²) in [5, 5.41) is 18.0. The minimum absolute atomic E-state index is 0.0423. The Labute approximate surface area is 149 Å². The van der Waals surface area contributed by atoms with Gasteiger partial charge in [0.05, 0.1) is 6.04 Å². The fourth-order valence-electron chi connectivity index (χ4n) is 3.72. The second-order valence-corrected chi connectivity index (χ2v) is 7.05. The topological polar surface area (TPSA) is 112 Å². The van der Waals surface area contributed by atoms with Crippen molar-refractivity contribution in [2.24, 2.45) is 0 Å². The molecular weight excluding hydrogens is 336 g/mol. The van der Waals surface area contributed by atoms with Gasteiger partial charge < -0.3 is 14.8 Å². The van der Waals surface area contributed by atoms with Crippen molar-refractivity contribution in [1.29, 1.82) is 0 Å². The number of carbonyl (C=O) groups excluding carboxylic acids is 2. The number of hydrogen-bond donors (Lipinski definition) is 2. The quantitative estimate of drug-likeness (QED) is 0.760. The SMILES string of the molecule is O=C(NC1CC1)c1nnc2n1CCN1CCN(C(=O)c3ccn[nH]3)C[C@@H]21. The van der Waals surface area contributed by atoms with Crippen molar-refractivity contribution in [3.05, 3.63) is 29.6 Å². The molecule has 10 heteroatoms. The third-order valence-electron chi connectivity index (χ3n) is 5.31. The number of rotatable bonds is 3. The monoisotopic (exact) mass is 356 g/mol. The molecule has 1 saturated carbocycles. The van der Waals surface area contributed by atoms with E-state index in [9.17, 15) is 9.59 Å². The van der Waals surface area contributed by atoms with Crippen LogP contribution in [0.25, 0.3) is 0 Å². The Morgan fingerprint density at radius 1 is 1.15 bits per heavy atom. The van der Waals surface area contributed by atoms with Gasteiger partial charge in [-0.15, -0.1) is 10.2 Å². The number of H-pyrrole nitrogens is 1. The molecule has 0 aromatic carbocycles. The van der Waals surface area contributed by atoms with E-state index in [1.54, 1.807) is 12.3 Å². The van der Waals surface area contributed by atoms with Gasteiger partial charge in [0.25, 0.3) is 11.8 Å². The maximum absolute atomic E-state index is 12.6. The molecule has 0 bridgehead atoms. The third-order valence-corrected chi connectivity index (χ3v) is 5.31. The van der Waals surface area contributed by atoms with E-state index in [1.165, 1.54) is 0 Å².